The van der Waals surface area contributed by atoms with E-state index in [0.717, 1.165) is 25.3 Å². The van der Waals surface area contributed by atoms with Crippen molar-refractivity contribution < 1.29 is 22.4 Å². The van der Waals surface area contributed by atoms with Crippen molar-refractivity contribution in [1.82, 2.24) is 10.6 Å². The topological polar surface area (TPSA) is 104 Å². The lowest BCUT2D eigenvalue weighted by molar-refractivity contribution is -0.128. The number of benzene rings is 2. The quantitative estimate of drug-likeness (QED) is 0.606. The van der Waals surface area contributed by atoms with E-state index in [1.54, 1.807) is 0 Å². The van der Waals surface area contributed by atoms with Crippen LogP contribution in [0, 0.1) is 5.82 Å². The van der Waals surface area contributed by atoms with Crippen molar-refractivity contribution >= 4 is 27.5 Å². The molecular weight excluding hydrogens is 421 g/mol. The molecule has 0 radical (unpaired) electrons. The molecule has 1 saturated carbocycles. The number of hydrogen-bond donors (Lipinski definition) is 3. The van der Waals surface area contributed by atoms with Gasteiger partial charge in [-0.05, 0) is 56.2 Å². The van der Waals surface area contributed by atoms with Gasteiger partial charge in [0, 0.05) is 12.1 Å². The highest BCUT2D eigenvalue weighted by atomic mass is 32.2. The fourth-order valence-electron chi connectivity index (χ4n) is 3.72. The molecule has 0 heterocycles. The molecule has 1 aliphatic rings. The van der Waals surface area contributed by atoms with E-state index < -0.39 is 27.3 Å². The van der Waals surface area contributed by atoms with E-state index in [0.29, 0.717) is 19.4 Å². The summed E-state index contributed by atoms with van der Waals surface area (Å²) in [6.07, 6.45) is 3.82. The Labute approximate surface area is 181 Å². The van der Waals surface area contributed by atoms with Crippen LogP contribution >= 0.6 is 0 Å². The molecule has 9 heteroatoms. The number of rotatable bonds is 7. The molecule has 1 aliphatic carbocycles. The molecule has 2 aromatic carbocycles. The number of para-hydroxylation sites is 1. The number of carbonyl (C=O) groups is 2. The second kappa shape index (κ2) is 9.47. The van der Waals surface area contributed by atoms with Gasteiger partial charge in [0.15, 0.2) is 0 Å². The highest BCUT2D eigenvalue weighted by Crippen LogP contribution is 2.29. The summed E-state index contributed by atoms with van der Waals surface area (Å²) in [7, 11) is -4.02. The summed E-state index contributed by atoms with van der Waals surface area (Å²) in [4.78, 5) is 25.3. The van der Waals surface area contributed by atoms with Crippen LogP contribution in [-0.4, -0.2) is 32.3 Å². The summed E-state index contributed by atoms with van der Waals surface area (Å²) in [6.45, 7) is 2.29. The largest absolute Gasteiger partial charge is 0.354 e. The number of halogens is 1. The lowest BCUT2D eigenvalue weighted by Gasteiger charge is -2.36. The minimum absolute atomic E-state index is 0.108. The Bertz CT molecular complexity index is 1050. The first-order valence-electron chi connectivity index (χ1n) is 10.3. The second-order valence-electron chi connectivity index (χ2n) is 7.57. The van der Waals surface area contributed by atoms with Crippen LogP contribution in [0.15, 0.2) is 53.4 Å². The Morgan fingerprint density at radius 3 is 2.26 bits per heavy atom. The Balaban J connectivity index is 1.76. The first-order valence-corrected chi connectivity index (χ1v) is 11.7. The summed E-state index contributed by atoms with van der Waals surface area (Å²) >= 11 is 0. The summed E-state index contributed by atoms with van der Waals surface area (Å²) in [5.74, 6) is -1.33. The van der Waals surface area contributed by atoms with Crippen LogP contribution in [0.3, 0.4) is 0 Å². The zero-order valence-corrected chi connectivity index (χ0v) is 18.1. The van der Waals surface area contributed by atoms with Gasteiger partial charge in [-0.15, -0.1) is 0 Å². The summed E-state index contributed by atoms with van der Waals surface area (Å²) < 4.78 is 41.0. The Morgan fingerprint density at radius 1 is 1.00 bits per heavy atom. The summed E-state index contributed by atoms with van der Waals surface area (Å²) in [6, 6.07) is 10.7. The van der Waals surface area contributed by atoms with Gasteiger partial charge in [0.2, 0.25) is 5.91 Å². The van der Waals surface area contributed by atoms with E-state index in [2.05, 4.69) is 15.4 Å². The van der Waals surface area contributed by atoms with Gasteiger partial charge < -0.3 is 10.6 Å². The number of hydrogen-bond acceptors (Lipinski definition) is 4. The van der Waals surface area contributed by atoms with Crippen molar-refractivity contribution in [2.45, 2.75) is 49.5 Å². The van der Waals surface area contributed by atoms with Gasteiger partial charge in [0.25, 0.3) is 15.9 Å². The summed E-state index contributed by atoms with van der Waals surface area (Å²) in [5.41, 5.74) is -0.882. The van der Waals surface area contributed by atoms with Gasteiger partial charge in [0.05, 0.1) is 10.6 Å². The molecule has 0 aliphatic heterocycles. The van der Waals surface area contributed by atoms with Gasteiger partial charge in [-0.25, -0.2) is 12.8 Å². The maximum absolute atomic E-state index is 13.8. The fraction of sp³-hybridized carbons (Fsp3) is 0.364. The molecule has 1 fully saturated rings. The molecular formula is C22H26FN3O4S. The van der Waals surface area contributed by atoms with Crippen molar-refractivity contribution in [2.75, 3.05) is 11.3 Å². The number of amides is 2. The molecule has 2 amide bonds. The lowest BCUT2D eigenvalue weighted by atomic mass is 9.80. The van der Waals surface area contributed by atoms with Crippen LogP contribution < -0.4 is 15.4 Å². The number of nitrogens with one attached hydrogen (secondary N) is 3. The average Bonchev–Trinajstić information content (AvgIpc) is 2.76. The van der Waals surface area contributed by atoms with E-state index >= 15 is 0 Å². The Kier molecular flexibility index (Phi) is 6.94. The lowest BCUT2D eigenvalue weighted by Crippen LogP contribution is -2.59. The molecule has 166 valence electrons. The maximum atomic E-state index is 13.8. The molecule has 0 atom stereocenters. The van der Waals surface area contributed by atoms with E-state index in [1.165, 1.54) is 42.5 Å². The van der Waals surface area contributed by atoms with Crippen LogP contribution in [0.1, 0.15) is 49.4 Å². The van der Waals surface area contributed by atoms with Gasteiger partial charge in [-0.3, -0.25) is 14.3 Å². The molecule has 0 bridgehead atoms. The SMILES string of the molecule is CCNC(=O)C1(NC(=O)c2ccc(S(=O)(=O)Nc3ccccc3F)cc2)CCCCC1. The van der Waals surface area contributed by atoms with E-state index in [9.17, 15) is 22.4 Å². The predicted molar refractivity (Wildman–Crippen MR) is 116 cm³/mol. The van der Waals surface area contributed by atoms with Crippen molar-refractivity contribution in [3.8, 4) is 0 Å². The number of likely N-dealkylation sites (N-methyl/N-ethyl adjacent to an activating group) is 1. The van der Waals surface area contributed by atoms with E-state index in [-0.39, 0.29) is 22.1 Å². The number of sulfonamides is 1. The Hall–Kier alpha value is -2.94. The highest BCUT2D eigenvalue weighted by Gasteiger charge is 2.40. The maximum Gasteiger partial charge on any atom is 0.261 e. The zero-order chi connectivity index (χ0) is 22.5. The zero-order valence-electron chi connectivity index (χ0n) is 17.3. The first-order chi connectivity index (χ1) is 14.8. The van der Waals surface area contributed by atoms with Crippen molar-refractivity contribution in [2.24, 2.45) is 0 Å². The molecule has 31 heavy (non-hydrogen) atoms. The minimum atomic E-state index is -4.02. The molecule has 3 rings (SSSR count). The molecule has 0 saturated heterocycles. The standard InChI is InChI=1S/C22H26FN3O4S/c1-2-24-21(28)22(14-6-3-7-15-22)25-20(27)16-10-12-17(13-11-16)31(29,30)26-19-9-5-4-8-18(19)23/h4-5,8-13,26H,2-3,6-7,14-15H2,1H3,(H,24,28)(H,25,27). The fourth-order valence-corrected chi connectivity index (χ4v) is 4.78. The second-order valence-corrected chi connectivity index (χ2v) is 9.25. The molecule has 2 aromatic rings. The van der Waals surface area contributed by atoms with Crippen molar-refractivity contribution in [1.29, 1.82) is 0 Å². The van der Waals surface area contributed by atoms with Gasteiger partial charge in [0.1, 0.15) is 11.4 Å². The predicted octanol–water partition coefficient (Wildman–Crippen LogP) is 3.20. The van der Waals surface area contributed by atoms with Gasteiger partial charge in [-0.1, -0.05) is 31.4 Å². The molecule has 0 aromatic heterocycles. The van der Waals surface area contributed by atoms with Crippen molar-refractivity contribution in [3.05, 3.63) is 59.9 Å². The number of anilines is 1. The van der Waals surface area contributed by atoms with Crippen molar-refractivity contribution in [3.63, 3.8) is 0 Å². The van der Waals surface area contributed by atoms with Gasteiger partial charge >= 0.3 is 0 Å². The van der Waals surface area contributed by atoms with E-state index in [1.807, 2.05) is 6.92 Å². The normalized spacial score (nSPS) is 15.7. The van der Waals surface area contributed by atoms with Crippen LogP contribution in [0.25, 0.3) is 0 Å². The molecule has 3 N–H and O–H groups in total. The third-order valence-corrected chi connectivity index (χ3v) is 6.76. The van der Waals surface area contributed by atoms with Crippen LogP contribution in [0.5, 0.6) is 0 Å². The first kappa shape index (κ1) is 22.7. The van der Waals surface area contributed by atoms with E-state index in [4.69, 9.17) is 0 Å². The molecule has 0 unspecified atom stereocenters. The van der Waals surface area contributed by atoms with Crippen LogP contribution in [0.2, 0.25) is 0 Å². The Morgan fingerprint density at radius 2 is 1.65 bits per heavy atom. The molecule has 0 spiro atoms. The summed E-state index contributed by atoms with van der Waals surface area (Å²) in [5, 5.41) is 5.67. The van der Waals surface area contributed by atoms with Crippen LogP contribution in [0.4, 0.5) is 10.1 Å². The molecule has 7 nitrogen and oxygen atoms in total. The smallest absolute Gasteiger partial charge is 0.261 e. The van der Waals surface area contributed by atoms with Crippen LogP contribution in [-0.2, 0) is 14.8 Å². The monoisotopic (exact) mass is 447 g/mol. The third kappa shape index (κ3) is 5.22. The number of carbonyl (C=O) groups excluding carboxylic acids is 2. The third-order valence-electron chi connectivity index (χ3n) is 5.38. The van der Waals surface area contributed by atoms with Gasteiger partial charge in [-0.2, -0.15) is 0 Å². The average molecular weight is 448 g/mol. The minimum Gasteiger partial charge on any atom is -0.354 e. The highest BCUT2D eigenvalue weighted by molar-refractivity contribution is 7.92.